The molecule has 6 heteroatoms. The van der Waals surface area contributed by atoms with Crippen molar-refractivity contribution < 1.29 is 4.79 Å². The van der Waals surface area contributed by atoms with Crippen molar-refractivity contribution in [3.63, 3.8) is 0 Å². The Balaban J connectivity index is 2.28. The number of aromatic nitrogens is 3. The van der Waals surface area contributed by atoms with Gasteiger partial charge < -0.3 is 10.6 Å². The van der Waals surface area contributed by atoms with Gasteiger partial charge in [0.25, 0.3) is 0 Å². The predicted molar refractivity (Wildman–Crippen MR) is 79.1 cm³/mol. The number of carbonyl (C=O) groups excluding carboxylic acids is 1. The monoisotopic (exact) mass is 281 g/mol. The van der Waals surface area contributed by atoms with E-state index >= 15 is 0 Å². The van der Waals surface area contributed by atoms with Crippen LogP contribution in [0.1, 0.15) is 46.9 Å². The van der Waals surface area contributed by atoms with Gasteiger partial charge in [-0.05, 0) is 26.7 Å². The molecule has 0 saturated heterocycles. The molecule has 1 rings (SSSR count). The number of nitrogens with one attached hydrogen (secondary N) is 2. The van der Waals surface area contributed by atoms with Crippen molar-refractivity contribution in [2.45, 2.75) is 59.7 Å². The lowest BCUT2D eigenvalue weighted by atomic mass is 10.1. The largest absolute Gasteiger partial charge is 0.351 e. The molecule has 1 heterocycles. The van der Waals surface area contributed by atoms with E-state index in [0.29, 0.717) is 25.4 Å². The number of amides is 1. The molecular formula is C14H27N5O. The molecule has 2 N–H and O–H groups in total. The zero-order chi connectivity index (χ0) is 15.2. The van der Waals surface area contributed by atoms with Crippen molar-refractivity contribution in [3.8, 4) is 0 Å². The van der Waals surface area contributed by atoms with E-state index in [1.165, 1.54) is 0 Å². The van der Waals surface area contributed by atoms with Crippen LogP contribution >= 0.6 is 0 Å². The molecule has 20 heavy (non-hydrogen) atoms. The highest BCUT2D eigenvalue weighted by Crippen LogP contribution is 2.01. The van der Waals surface area contributed by atoms with Crippen molar-refractivity contribution in [1.82, 2.24) is 25.4 Å². The van der Waals surface area contributed by atoms with Crippen molar-refractivity contribution >= 4 is 5.91 Å². The Kier molecular flexibility index (Phi) is 6.13. The summed E-state index contributed by atoms with van der Waals surface area (Å²) in [6.07, 6.45) is 2.04. The molecule has 1 aromatic heterocycles. The number of hydrogen-bond donors (Lipinski definition) is 2. The topological polar surface area (TPSA) is 71.8 Å². The molecule has 0 bridgehead atoms. The fraction of sp³-hybridized carbons (Fsp3) is 0.786. The van der Waals surface area contributed by atoms with Crippen LogP contribution in [-0.4, -0.2) is 32.8 Å². The van der Waals surface area contributed by atoms with Crippen molar-refractivity contribution in [1.29, 1.82) is 0 Å². The maximum absolute atomic E-state index is 11.6. The van der Waals surface area contributed by atoms with Gasteiger partial charge in [-0.3, -0.25) is 4.79 Å². The fourth-order valence-corrected chi connectivity index (χ4v) is 1.81. The summed E-state index contributed by atoms with van der Waals surface area (Å²) < 4.78 is 1.91. The van der Waals surface area contributed by atoms with Crippen LogP contribution in [0.3, 0.4) is 0 Å². The minimum atomic E-state index is -0.172. The second-order valence-electron chi connectivity index (χ2n) is 6.48. The van der Waals surface area contributed by atoms with Crippen molar-refractivity contribution in [3.05, 3.63) is 12.2 Å². The maximum atomic E-state index is 11.6. The standard InChI is InChI=1S/C14H27N5O/c1-11(2)9-19-12(16-10-17-19)8-15-7-6-13(20)18-14(3,4)5/h10-11,15H,6-9H2,1-5H3,(H,18,20). The van der Waals surface area contributed by atoms with E-state index in [2.05, 4.69) is 34.6 Å². The lowest BCUT2D eigenvalue weighted by Crippen LogP contribution is -2.41. The predicted octanol–water partition coefficient (Wildman–Crippen LogP) is 1.33. The number of hydrogen-bond acceptors (Lipinski definition) is 4. The van der Waals surface area contributed by atoms with Crippen LogP contribution in [0.4, 0.5) is 0 Å². The third-order valence-corrected chi connectivity index (χ3v) is 2.56. The Morgan fingerprint density at radius 3 is 2.70 bits per heavy atom. The quantitative estimate of drug-likeness (QED) is 0.740. The first-order valence-electron chi connectivity index (χ1n) is 7.16. The van der Waals surface area contributed by atoms with E-state index in [0.717, 1.165) is 12.4 Å². The SMILES string of the molecule is CC(C)Cn1ncnc1CNCCC(=O)NC(C)(C)C. The molecule has 0 aliphatic rings. The van der Waals surface area contributed by atoms with Crippen LogP contribution in [0.15, 0.2) is 6.33 Å². The minimum Gasteiger partial charge on any atom is -0.351 e. The van der Waals surface area contributed by atoms with Crippen molar-refractivity contribution in [2.24, 2.45) is 5.92 Å². The van der Waals surface area contributed by atoms with Gasteiger partial charge in [0.15, 0.2) is 0 Å². The highest BCUT2D eigenvalue weighted by molar-refractivity contribution is 5.76. The van der Waals surface area contributed by atoms with Crippen LogP contribution in [0.2, 0.25) is 0 Å². The zero-order valence-corrected chi connectivity index (χ0v) is 13.2. The first-order chi connectivity index (χ1) is 9.28. The summed E-state index contributed by atoms with van der Waals surface area (Å²) in [5, 5.41) is 10.4. The molecular weight excluding hydrogens is 254 g/mol. The third kappa shape index (κ3) is 6.65. The Labute approximate surface area is 121 Å². The Hall–Kier alpha value is -1.43. The van der Waals surface area contributed by atoms with Gasteiger partial charge >= 0.3 is 0 Å². The van der Waals surface area contributed by atoms with Gasteiger partial charge in [0.2, 0.25) is 5.91 Å². The normalized spacial score (nSPS) is 11.9. The van der Waals surface area contributed by atoms with Crippen LogP contribution < -0.4 is 10.6 Å². The summed E-state index contributed by atoms with van der Waals surface area (Å²) in [4.78, 5) is 15.9. The van der Waals surface area contributed by atoms with E-state index in [4.69, 9.17) is 0 Å². The van der Waals surface area contributed by atoms with Gasteiger partial charge in [0.1, 0.15) is 12.2 Å². The van der Waals surface area contributed by atoms with Crippen LogP contribution in [0.25, 0.3) is 0 Å². The van der Waals surface area contributed by atoms with Gasteiger partial charge in [-0.25, -0.2) is 9.67 Å². The summed E-state index contributed by atoms with van der Waals surface area (Å²) in [5.74, 6) is 1.51. The Bertz CT molecular complexity index is 419. The maximum Gasteiger partial charge on any atom is 0.221 e. The molecule has 0 radical (unpaired) electrons. The summed E-state index contributed by atoms with van der Waals surface area (Å²) in [7, 11) is 0. The molecule has 0 unspecified atom stereocenters. The smallest absolute Gasteiger partial charge is 0.221 e. The number of carbonyl (C=O) groups is 1. The zero-order valence-electron chi connectivity index (χ0n) is 13.2. The van der Waals surface area contributed by atoms with E-state index in [-0.39, 0.29) is 11.4 Å². The van der Waals surface area contributed by atoms with E-state index in [1.807, 2.05) is 25.5 Å². The lowest BCUT2D eigenvalue weighted by Gasteiger charge is -2.20. The first kappa shape index (κ1) is 16.6. The fourth-order valence-electron chi connectivity index (χ4n) is 1.81. The highest BCUT2D eigenvalue weighted by atomic mass is 16.1. The van der Waals surface area contributed by atoms with E-state index in [9.17, 15) is 4.79 Å². The van der Waals surface area contributed by atoms with Crippen LogP contribution in [0.5, 0.6) is 0 Å². The van der Waals surface area contributed by atoms with Crippen molar-refractivity contribution in [2.75, 3.05) is 6.54 Å². The molecule has 6 nitrogen and oxygen atoms in total. The summed E-state index contributed by atoms with van der Waals surface area (Å²) in [6, 6.07) is 0. The van der Waals surface area contributed by atoms with Gasteiger partial charge in [-0.2, -0.15) is 5.10 Å². The average Bonchev–Trinajstić information content (AvgIpc) is 2.68. The van der Waals surface area contributed by atoms with E-state index in [1.54, 1.807) is 6.33 Å². The summed E-state index contributed by atoms with van der Waals surface area (Å²) in [6.45, 7) is 12.4. The van der Waals surface area contributed by atoms with Gasteiger partial charge in [-0.15, -0.1) is 0 Å². The van der Waals surface area contributed by atoms with Crippen LogP contribution in [0, 0.1) is 5.92 Å². The number of rotatable bonds is 7. The van der Waals surface area contributed by atoms with Gasteiger partial charge in [-0.1, -0.05) is 13.8 Å². The van der Waals surface area contributed by atoms with Gasteiger partial charge in [0.05, 0.1) is 6.54 Å². The molecule has 0 fully saturated rings. The lowest BCUT2D eigenvalue weighted by molar-refractivity contribution is -0.122. The molecule has 0 aromatic carbocycles. The highest BCUT2D eigenvalue weighted by Gasteiger charge is 2.13. The molecule has 1 aromatic rings. The molecule has 0 atom stereocenters. The third-order valence-electron chi connectivity index (χ3n) is 2.56. The molecule has 114 valence electrons. The molecule has 1 amide bonds. The van der Waals surface area contributed by atoms with E-state index < -0.39 is 0 Å². The second kappa shape index (κ2) is 7.38. The Morgan fingerprint density at radius 2 is 2.10 bits per heavy atom. The molecule has 0 aliphatic heterocycles. The summed E-state index contributed by atoms with van der Waals surface area (Å²) in [5.41, 5.74) is -0.172. The number of nitrogens with zero attached hydrogens (tertiary/aromatic N) is 3. The molecule has 0 spiro atoms. The molecule has 0 saturated carbocycles. The van der Waals surface area contributed by atoms with Crippen LogP contribution in [-0.2, 0) is 17.9 Å². The van der Waals surface area contributed by atoms with Gasteiger partial charge in [0, 0.05) is 25.0 Å². The average molecular weight is 281 g/mol. The first-order valence-corrected chi connectivity index (χ1v) is 7.16. The Morgan fingerprint density at radius 1 is 1.40 bits per heavy atom. The summed E-state index contributed by atoms with van der Waals surface area (Å²) >= 11 is 0. The second-order valence-corrected chi connectivity index (χ2v) is 6.48. The minimum absolute atomic E-state index is 0.0636. The molecule has 0 aliphatic carbocycles.